The highest BCUT2D eigenvalue weighted by Gasteiger charge is 2.28. The van der Waals surface area contributed by atoms with Crippen molar-refractivity contribution in [3.05, 3.63) is 64.1 Å². The van der Waals surface area contributed by atoms with Gasteiger partial charge in [-0.3, -0.25) is 4.90 Å². The molecule has 0 saturated carbocycles. The van der Waals surface area contributed by atoms with E-state index in [9.17, 15) is 0 Å². The molecule has 5 nitrogen and oxygen atoms in total. The molecule has 124 valence electrons. The molecule has 0 spiro atoms. The molecule has 1 atom stereocenters. The molecule has 6 heteroatoms. The standard InChI is InChI=1S/C18H20N4OS/c1-13-20-15(12-24-13)9-22-11-18-19-6-7-21(18)10-17(22)14-4-3-5-16(8-14)23-2/h3-8,12,17H,9-11H2,1-2H3/t17-/m1/s1. The van der Waals surface area contributed by atoms with Crippen molar-refractivity contribution < 1.29 is 4.74 Å². The van der Waals surface area contributed by atoms with Gasteiger partial charge in [0.15, 0.2) is 0 Å². The number of aromatic nitrogens is 3. The lowest BCUT2D eigenvalue weighted by Crippen LogP contribution is -2.36. The summed E-state index contributed by atoms with van der Waals surface area (Å²) in [6.45, 7) is 4.60. The molecule has 0 bridgehead atoms. The fourth-order valence-electron chi connectivity index (χ4n) is 3.27. The first-order valence-corrected chi connectivity index (χ1v) is 8.90. The maximum absolute atomic E-state index is 5.41. The van der Waals surface area contributed by atoms with E-state index in [1.54, 1.807) is 18.4 Å². The molecule has 0 amide bonds. The fraction of sp³-hybridized carbons (Fsp3) is 0.333. The minimum Gasteiger partial charge on any atom is -0.497 e. The molecule has 0 radical (unpaired) electrons. The Balaban J connectivity index is 1.67. The van der Waals surface area contributed by atoms with Crippen LogP contribution in [0.3, 0.4) is 0 Å². The van der Waals surface area contributed by atoms with Crippen LogP contribution in [0.4, 0.5) is 0 Å². The molecule has 2 aromatic heterocycles. The summed E-state index contributed by atoms with van der Waals surface area (Å²) >= 11 is 1.70. The Morgan fingerprint density at radius 2 is 2.29 bits per heavy atom. The minimum atomic E-state index is 0.281. The summed E-state index contributed by atoms with van der Waals surface area (Å²) in [6, 6.07) is 8.63. The SMILES string of the molecule is COc1cccc([C@H]2Cn3ccnc3CN2Cc2csc(C)n2)c1. The maximum atomic E-state index is 5.41. The Morgan fingerprint density at radius 3 is 3.08 bits per heavy atom. The van der Waals surface area contributed by atoms with Crippen LogP contribution >= 0.6 is 11.3 Å². The van der Waals surface area contributed by atoms with Gasteiger partial charge >= 0.3 is 0 Å². The molecule has 3 aromatic rings. The molecule has 24 heavy (non-hydrogen) atoms. The van der Waals surface area contributed by atoms with Gasteiger partial charge in [-0.15, -0.1) is 11.3 Å². The molecule has 0 fully saturated rings. The van der Waals surface area contributed by atoms with Crippen LogP contribution in [-0.2, 0) is 19.6 Å². The van der Waals surface area contributed by atoms with Crippen molar-refractivity contribution >= 4 is 11.3 Å². The quantitative estimate of drug-likeness (QED) is 0.730. The zero-order chi connectivity index (χ0) is 16.5. The van der Waals surface area contributed by atoms with E-state index in [4.69, 9.17) is 4.74 Å². The highest BCUT2D eigenvalue weighted by Crippen LogP contribution is 2.32. The number of hydrogen-bond acceptors (Lipinski definition) is 5. The van der Waals surface area contributed by atoms with Crippen LogP contribution in [0.1, 0.15) is 28.1 Å². The van der Waals surface area contributed by atoms with Gasteiger partial charge in [-0.05, 0) is 24.6 Å². The van der Waals surface area contributed by atoms with E-state index in [0.29, 0.717) is 0 Å². The second-order valence-electron chi connectivity index (χ2n) is 6.05. The predicted molar refractivity (Wildman–Crippen MR) is 94.1 cm³/mol. The van der Waals surface area contributed by atoms with E-state index in [1.165, 1.54) is 5.56 Å². The zero-order valence-corrected chi connectivity index (χ0v) is 14.7. The summed E-state index contributed by atoms with van der Waals surface area (Å²) in [5.41, 5.74) is 2.39. The molecule has 1 aliphatic heterocycles. The van der Waals surface area contributed by atoms with Crippen molar-refractivity contribution in [3.8, 4) is 5.75 Å². The topological polar surface area (TPSA) is 43.2 Å². The van der Waals surface area contributed by atoms with Crippen LogP contribution < -0.4 is 4.74 Å². The van der Waals surface area contributed by atoms with Crippen molar-refractivity contribution in [1.82, 2.24) is 19.4 Å². The van der Waals surface area contributed by atoms with Gasteiger partial charge in [0.1, 0.15) is 11.6 Å². The van der Waals surface area contributed by atoms with Gasteiger partial charge in [-0.2, -0.15) is 0 Å². The van der Waals surface area contributed by atoms with Crippen molar-refractivity contribution in [3.63, 3.8) is 0 Å². The average molecular weight is 340 g/mol. The van der Waals surface area contributed by atoms with Gasteiger partial charge in [-0.25, -0.2) is 9.97 Å². The third-order valence-electron chi connectivity index (χ3n) is 4.47. The highest BCUT2D eigenvalue weighted by atomic mass is 32.1. The van der Waals surface area contributed by atoms with Crippen molar-refractivity contribution in [2.45, 2.75) is 32.6 Å². The second kappa shape index (κ2) is 6.37. The summed E-state index contributed by atoms with van der Waals surface area (Å²) in [5.74, 6) is 2.01. The Labute approximate surface area is 145 Å². The van der Waals surface area contributed by atoms with E-state index in [-0.39, 0.29) is 6.04 Å². The Bertz CT molecular complexity index is 841. The van der Waals surface area contributed by atoms with Crippen molar-refractivity contribution in [2.75, 3.05) is 7.11 Å². The monoisotopic (exact) mass is 340 g/mol. The van der Waals surface area contributed by atoms with Crippen LogP contribution in [0.25, 0.3) is 0 Å². The number of fused-ring (bicyclic) bond motifs is 1. The zero-order valence-electron chi connectivity index (χ0n) is 13.8. The van der Waals surface area contributed by atoms with E-state index in [1.807, 2.05) is 12.3 Å². The summed E-state index contributed by atoms with van der Waals surface area (Å²) in [6.07, 6.45) is 3.95. The molecular formula is C18H20N4OS. The van der Waals surface area contributed by atoms with Crippen molar-refractivity contribution in [1.29, 1.82) is 0 Å². The van der Waals surface area contributed by atoms with Crippen LogP contribution in [0.5, 0.6) is 5.75 Å². The smallest absolute Gasteiger partial charge is 0.122 e. The van der Waals surface area contributed by atoms with Crippen LogP contribution in [0.2, 0.25) is 0 Å². The number of hydrogen-bond donors (Lipinski definition) is 0. The molecule has 3 heterocycles. The molecule has 4 rings (SSSR count). The van der Waals surface area contributed by atoms with Gasteiger partial charge in [0.25, 0.3) is 0 Å². The number of aryl methyl sites for hydroxylation is 1. The summed E-state index contributed by atoms with van der Waals surface area (Å²) in [4.78, 5) is 11.6. The van der Waals surface area contributed by atoms with Gasteiger partial charge in [0.2, 0.25) is 0 Å². The summed E-state index contributed by atoms with van der Waals surface area (Å²) in [7, 11) is 1.71. The maximum Gasteiger partial charge on any atom is 0.122 e. The fourth-order valence-corrected chi connectivity index (χ4v) is 3.88. The minimum absolute atomic E-state index is 0.281. The van der Waals surface area contributed by atoms with Crippen LogP contribution in [0, 0.1) is 6.92 Å². The highest BCUT2D eigenvalue weighted by molar-refractivity contribution is 7.09. The van der Waals surface area contributed by atoms with Gasteiger partial charge in [0.05, 0.1) is 30.4 Å². The molecule has 1 aliphatic rings. The van der Waals surface area contributed by atoms with Gasteiger partial charge in [0, 0.05) is 30.9 Å². The van der Waals surface area contributed by atoms with E-state index in [2.05, 4.69) is 56.1 Å². The number of benzene rings is 1. The lowest BCUT2D eigenvalue weighted by molar-refractivity contribution is 0.126. The molecule has 0 unspecified atom stereocenters. The first-order chi connectivity index (χ1) is 11.7. The number of ether oxygens (including phenoxy) is 1. The van der Waals surface area contributed by atoms with E-state index >= 15 is 0 Å². The molecular weight excluding hydrogens is 320 g/mol. The van der Waals surface area contributed by atoms with E-state index < -0.39 is 0 Å². The first-order valence-electron chi connectivity index (χ1n) is 8.02. The third kappa shape index (κ3) is 2.95. The average Bonchev–Trinajstić information content (AvgIpc) is 3.22. The molecule has 0 saturated heterocycles. The Kier molecular flexibility index (Phi) is 4.08. The van der Waals surface area contributed by atoms with Gasteiger partial charge in [-0.1, -0.05) is 12.1 Å². The van der Waals surface area contributed by atoms with Crippen molar-refractivity contribution in [2.24, 2.45) is 0 Å². The predicted octanol–water partition coefficient (Wildman–Crippen LogP) is 3.41. The third-order valence-corrected chi connectivity index (χ3v) is 5.29. The van der Waals surface area contributed by atoms with Crippen LogP contribution in [0.15, 0.2) is 42.0 Å². The Hall–Kier alpha value is -2.18. The normalized spacial score (nSPS) is 17.7. The molecule has 0 N–H and O–H groups in total. The molecule has 0 aliphatic carbocycles. The largest absolute Gasteiger partial charge is 0.497 e. The van der Waals surface area contributed by atoms with E-state index in [0.717, 1.165) is 41.9 Å². The number of methoxy groups -OCH3 is 1. The lowest BCUT2D eigenvalue weighted by atomic mass is 10.0. The number of thiazole rings is 1. The summed E-state index contributed by atoms with van der Waals surface area (Å²) < 4.78 is 7.65. The summed E-state index contributed by atoms with van der Waals surface area (Å²) in [5, 5.41) is 3.26. The Morgan fingerprint density at radius 1 is 1.38 bits per heavy atom. The van der Waals surface area contributed by atoms with Crippen LogP contribution in [-0.4, -0.2) is 26.5 Å². The number of imidazole rings is 1. The first kappa shape index (κ1) is 15.4. The molecule has 1 aromatic carbocycles. The lowest BCUT2D eigenvalue weighted by Gasteiger charge is -2.36. The van der Waals surface area contributed by atoms with Gasteiger partial charge < -0.3 is 9.30 Å². The number of rotatable bonds is 4. The number of nitrogens with zero attached hydrogens (tertiary/aromatic N) is 4. The second-order valence-corrected chi connectivity index (χ2v) is 7.11.